The first-order chi connectivity index (χ1) is 15.9. The van der Waals surface area contributed by atoms with Crippen molar-refractivity contribution in [3.8, 4) is 0 Å². The number of nitrogens with one attached hydrogen (secondary N) is 1. The fourth-order valence-electron chi connectivity index (χ4n) is 3.99. The van der Waals surface area contributed by atoms with Crippen LogP contribution in [-0.2, 0) is 11.2 Å². The SMILES string of the molecule is C=C(C)c1ccccc1NC(=O)c1csc(C2CCN(C(=O)Cc3ccc(F)cc3)CC2)n1. The largest absolute Gasteiger partial charge is 0.342 e. The molecule has 1 aliphatic rings. The summed E-state index contributed by atoms with van der Waals surface area (Å²) in [6, 6.07) is 13.6. The molecule has 4 rings (SSSR count). The summed E-state index contributed by atoms with van der Waals surface area (Å²) in [5.74, 6) is -0.258. The second-order valence-corrected chi connectivity index (χ2v) is 9.20. The number of hydrogen-bond donors (Lipinski definition) is 1. The predicted octanol–water partition coefficient (Wildman–Crippen LogP) is 5.52. The number of carbonyl (C=O) groups excluding carboxylic acids is 2. The average Bonchev–Trinajstić information content (AvgIpc) is 3.31. The number of benzene rings is 2. The van der Waals surface area contributed by atoms with Gasteiger partial charge in [0.1, 0.15) is 11.5 Å². The van der Waals surface area contributed by atoms with Crippen molar-refractivity contribution in [2.45, 2.75) is 32.1 Å². The number of anilines is 1. The van der Waals surface area contributed by atoms with Gasteiger partial charge in [0, 0.05) is 35.6 Å². The van der Waals surface area contributed by atoms with E-state index >= 15 is 0 Å². The van der Waals surface area contributed by atoms with Gasteiger partial charge in [-0.2, -0.15) is 0 Å². The van der Waals surface area contributed by atoms with Crippen LogP contribution in [0.15, 0.2) is 60.5 Å². The number of amides is 2. The lowest BCUT2D eigenvalue weighted by Crippen LogP contribution is -2.38. The van der Waals surface area contributed by atoms with E-state index in [4.69, 9.17) is 0 Å². The van der Waals surface area contributed by atoms with Crippen LogP contribution in [0.25, 0.3) is 5.57 Å². The van der Waals surface area contributed by atoms with E-state index < -0.39 is 0 Å². The van der Waals surface area contributed by atoms with Crippen molar-refractivity contribution >= 4 is 34.4 Å². The minimum absolute atomic E-state index is 0.0513. The number of allylic oxidation sites excluding steroid dienone is 1. The van der Waals surface area contributed by atoms with Gasteiger partial charge in [0.15, 0.2) is 0 Å². The van der Waals surface area contributed by atoms with E-state index in [1.165, 1.54) is 23.5 Å². The summed E-state index contributed by atoms with van der Waals surface area (Å²) < 4.78 is 13.1. The average molecular weight is 464 g/mol. The fraction of sp³-hybridized carbons (Fsp3) is 0.269. The Hall–Kier alpha value is -3.32. The smallest absolute Gasteiger partial charge is 0.275 e. The minimum atomic E-state index is -0.302. The third kappa shape index (κ3) is 5.54. The molecule has 170 valence electrons. The molecule has 0 atom stereocenters. The molecular weight excluding hydrogens is 437 g/mol. The van der Waals surface area contributed by atoms with Gasteiger partial charge >= 0.3 is 0 Å². The van der Waals surface area contributed by atoms with E-state index in [1.54, 1.807) is 17.5 Å². The number of piperidine rings is 1. The van der Waals surface area contributed by atoms with Gasteiger partial charge in [-0.15, -0.1) is 11.3 Å². The Labute approximate surface area is 197 Å². The van der Waals surface area contributed by atoms with Crippen molar-refractivity contribution in [2.75, 3.05) is 18.4 Å². The Balaban J connectivity index is 1.33. The van der Waals surface area contributed by atoms with E-state index in [0.29, 0.717) is 18.8 Å². The zero-order valence-electron chi connectivity index (χ0n) is 18.5. The highest BCUT2D eigenvalue weighted by Crippen LogP contribution is 2.31. The molecule has 0 spiro atoms. The van der Waals surface area contributed by atoms with E-state index in [2.05, 4.69) is 16.9 Å². The third-order valence-corrected chi connectivity index (χ3v) is 6.86. The van der Waals surface area contributed by atoms with Crippen LogP contribution >= 0.6 is 11.3 Å². The van der Waals surface area contributed by atoms with E-state index in [-0.39, 0.29) is 30.0 Å². The van der Waals surface area contributed by atoms with Gasteiger partial charge in [0.2, 0.25) is 5.91 Å². The number of para-hydroxylation sites is 1. The standard InChI is InChI=1S/C26H26FN3O2S/c1-17(2)21-5-3-4-6-22(21)28-25(32)23-16-33-26(29-23)19-11-13-30(14-12-19)24(31)15-18-7-9-20(27)10-8-18/h3-10,16,19H,1,11-15H2,2H3,(H,28,32). The number of thiazole rings is 1. The van der Waals surface area contributed by atoms with Crippen LogP contribution in [0, 0.1) is 5.82 Å². The maximum Gasteiger partial charge on any atom is 0.275 e. The number of carbonyl (C=O) groups is 2. The number of hydrogen-bond acceptors (Lipinski definition) is 4. The Morgan fingerprint density at radius 3 is 2.55 bits per heavy atom. The number of halogens is 1. The van der Waals surface area contributed by atoms with Crippen molar-refractivity contribution in [1.82, 2.24) is 9.88 Å². The highest BCUT2D eigenvalue weighted by Gasteiger charge is 2.26. The highest BCUT2D eigenvalue weighted by molar-refractivity contribution is 7.10. The Kier molecular flexibility index (Phi) is 6.99. The van der Waals surface area contributed by atoms with Crippen LogP contribution in [0.5, 0.6) is 0 Å². The summed E-state index contributed by atoms with van der Waals surface area (Å²) in [4.78, 5) is 31.8. The molecule has 2 amide bonds. The Bertz CT molecular complexity index is 1160. The predicted molar refractivity (Wildman–Crippen MR) is 130 cm³/mol. The Morgan fingerprint density at radius 2 is 1.85 bits per heavy atom. The van der Waals surface area contributed by atoms with E-state index in [1.807, 2.05) is 36.1 Å². The lowest BCUT2D eigenvalue weighted by molar-refractivity contribution is -0.131. The lowest BCUT2D eigenvalue weighted by atomic mass is 9.97. The molecule has 7 heteroatoms. The van der Waals surface area contributed by atoms with Gasteiger partial charge in [-0.1, -0.05) is 36.9 Å². The van der Waals surface area contributed by atoms with Crippen molar-refractivity contribution in [3.05, 3.63) is 88.1 Å². The molecule has 5 nitrogen and oxygen atoms in total. The summed E-state index contributed by atoms with van der Waals surface area (Å²) in [6.45, 7) is 7.18. The molecule has 1 aromatic heterocycles. The molecule has 2 heterocycles. The molecule has 0 radical (unpaired) electrons. The second kappa shape index (κ2) is 10.1. The van der Waals surface area contributed by atoms with Gasteiger partial charge in [-0.25, -0.2) is 9.37 Å². The first-order valence-electron chi connectivity index (χ1n) is 10.9. The monoisotopic (exact) mass is 463 g/mol. The number of likely N-dealkylation sites (tertiary alicyclic amines) is 1. The van der Waals surface area contributed by atoms with Crippen molar-refractivity contribution in [2.24, 2.45) is 0 Å². The molecule has 2 aromatic carbocycles. The van der Waals surface area contributed by atoms with Gasteiger partial charge in [0.25, 0.3) is 5.91 Å². The van der Waals surface area contributed by atoms with Gasteiger partial charge in [-0.3, -0.25) is 9.59 Å². The van der Waals surface area contributed by atoms with Crippen LogP contribution < -0.4 is 5.32 Å². The van der Waals surface area contributed by atoms with Crippen LogP contribution in [-0.4, -0.2) is 34.8 Å². The number of nitrogens with zero attached hydrogens (tertiary/aromatic N) is 2. The zero-order valence-corrected chi connectivity index (χ0v) is 19.3. The summed E-state index contributed by atoms with van der Waals surface area (Å²) >= 11 is 1.49. The van der Waals surface area contributed by atoms with Crippen molar-refractivity contribution in [3.63, 3.8) is 0 Å². The summed E-state index contributed by atoms with van der Waals surface area (Å²) in [6.07, 6.45) is 1.89. The molecule has 1 aliphatic heterocycles. The van der Waals surface area contributed by atoms with Gasteiger partial charge in [0.05, 0.1) is 11.4 Å². The van der Waals surface area contributed by atoms with Crippen LogP contribution in [0.2, 0.25) is 0 Å². The summed E-state index contributed by atoms with van der Waals surface area (Å²) in [7, 11) is 0. The van der Waals surface area contributed by atoms with Gasteiger partial charge in [-0.05, 0) is 49.1 Å². The fourth-order valence-corrected chi connectivity index (χ4v) is 4.97. The molecule has 0 aliphatic carbocycles. The molecular formula is C26H26FN3O2S. The van der Waals surface area contributed by atoms with Gasteiger partial charge < -0.3 is 10.2 Å². The van der Waals surface area contributed by atoms with E-state index in [0.717, 1.165) is 40.2 Å². The summed E-state index contributed by atoms with van der Waals surface area (Å²) in [5.41, 5.74) is 3.72. The van der Waals surface area contributed by atoms with Crippen molar-refractivity contribution in [1.29, 1.82) is 0 Å². The molecule has 3 aromatic rings. The topological polar surface area (TPSA) is 62.3 Å². The molecule has 0 unspecified atom stereocenters. The molecule has 1 saturated heterocycles. The second-order valence-electron chi connectivity index (χ2n) is 8.31. The quantitative estimate of drug-likeness (QED) is 0.524. The Morgan fingerprint density at radius 1 is 1.15 bits per heavy atom. The number of rotatable bonds is 6. The molecule has 1 N–H and O–H groups in total. The van der Waals surface area contributed by atoms with Crippen LogP contribution in [0.1, 0.15) is 52.3 Å². The van der Waals surface area contributed by atoms with Crippen LogP contribution in [0.4, 0.5) is 10.1 Å². The first-order valence-corrected chi connectivity index (χ1v) is 11.8. The molecule has 0 saturated carbocycles. The van der Waals surface area contributed by atoms with E-state index in [9.17, 15) is 14.0 Å². The number of aromatic nitrogens is 1. The van der Waals surface area contributed by atoms with Crippen LogP contribution in [0.3, 0.4) is 0 Å². The maximum atomic E-state index is 13.1. The molecule has 33 heavy (non-hydrogen) atoms. The third-order valence-electron chi connectivity index (χ3n) is 5.86. The van der Waals surface area contributed by atoms with Crippen molar-refractivity contribution < 1.29 is 14.0 Å². The normalized spacial score (nSPS) is 14.2. The summed E-state index contributed by atoms with van der Waals surface area (Å²) in [5, 5.41) is 5.66. The lowest BCUT2D eigenvalue weighted by Gasteiger charge is -2.31. The minimum Gasteiger partial charge on any atom is -0.342 e. The highest BCUT2D eigenvalue weighted by atomic mass is 32.1. The molecule has 0 bridgehead atoms. The first kappa shape index (κ1) is 22.9. The zero-order chi connectivity index (χ0) is 23.4. The maximum absolute atomic E-state index is 13.1. The molecule has 1 fully saturated rings.